The van der Waals surface area contributed by atoms with Crippen LogP contribution in [0.2, 0.25) is 5.02 Å². The van der Waals surface area contributed by atoms with E-state index in [-0.39, 0.29) is 28.0 Å². The molecule has 1 heterocycles. The Bertz CT molecular complexity index is 733. The van der Waals surface area contributed by atoms with Crippen molar-refractivity contribution in [1.82, 2.24) is 20.2 Å². The van der Waals surface area contributed by atoms with Gasteiger partial charge >= 0.3 is 6.18 Å². The molecule has 23 heavy (non-hydrogen) atoms. The minimum Gasteiger partial charge on any atom is -0.482 e. The molecule has 0 fully saturated rings. The van der Waals surface area contributed by atoms with E-state index in [9.17, 15) is 18.0 Å². The van der Waals surface area contributed by atoms with Crippen LogP contribution in [0.5, 0.6) is 5.75 Å². The van der Waals surface area contributed by atoms with Gasteiger partial charge in [-0.3, -0.25) is 10.1 Å². The van der Waals surface area contributed by atoms with Crippen molar-refractivity contribution in [3.05, 3.63) is 22.7 Å². The molecule has 8 nitrogen and oxygen atoms in total. The third-order valence-electron chi connectivity index (χ3n) is 2.62. The number of rotatable bonds is 4. The first-order chi connectivity index (χ1) is 10.7. The maximum absolute atomic E-state index is 12.1. The molecule has 3 N–H and O–H groups in total. The fourth-order valence-corrected chi connectivity index (χ4v) is 1.78. The monoisotopic (exact) mass is 350 g/mol. The molecule has 0 atom stereocenters. The number of aromatic nitrogens is 4. The van der Waals surface area contributed by atoms with E-state index in [1.807, 2.05) is 0 Å². The summed E-state index contributed by atoms with van der Waals surface area (Å²) in [6, 6.07) is 2.31. The van der Waals surface area contributed by atoms with Gasteiger partial charge in [-0.2, -0.15) is 13.2 Å². The maximum atomic E-state index is 12.1. The number of anilines is 2. The van der Waals surface area contributed by atoms with Crippen LogP contribution in [-0.2, 0) is 7.05 Å². The Balaban J connectivity index is 2.19. The summed E-state index contributed by atoms with van der Waals surface area (Å²) in [5.74, 6) is -0.895. The van der Waals surface area contributed by atoms with Gasteiger partial charge < -0.3 is 10.5 Å². The third kappa shape index (κ3) is 4.00. The van der Waals surface area contributed by atoms with Gasteiger partial charge in [0.25, 0.3) is 5.91 Å². The molecule has 12 heteroatoms. The van der Waals surface area contributed by atoms with Crippen molar-refractivity contribution >= 4 is 29.1 Å². The van der Waals surface area contributed by atoms with Crippen molar-refractivity contribution in [2.75, 3.05) is 17.7 Å². The zero-order valence-electron chi connectivity index (χ0n) is 11.6. The van der Waals surface area contributed by atoms with Crippen molar-refractivity contribution < 1.29 is 22.7 Å². The lowest BCUT2D eigenvalue weighted by atomic mass is 10.1. The lowest BCUT2D eigenvalue weighted by Gasteiger charge is -2.13. The highest BCUT2D eigenvalue weighted by molar-refractivity contribution is 6.37. The molecule has 1 aromatic carbocycles. The van der Waals surface area contributed by atoms with Crippen LogP contribution in [0.4, 0.5) is 24.8 Å². The Morgan fingerprint density at radius 1 is 1.48 bits per heavy atom. The van der Waals surface area contributed by atoms with E-state index in [2.05, 4.69) is 25.6 Å². The summed E-state index contributed by atoms with van der Waals surface area (Å²) in [5.41, 5.74) is 5.26. The van der Waals surface area contributed by atoms with Crippen LogP contribution < -0.4 is 15.8 Å². The first-order valence-corrected chi connectivity index (χ1v) is 6.38. The number of hydrogen-bond acceptors (Lipinski definition) is 6. The molecule has 0 aliphatic carbocycles. The maximum Gasteiger partial charge on any atom is 0.422 e. The number of aryl methyl sites for hydroxylation is 1. The Kier molecular flexibility index (Phi) is 4.59. The number of alkyl halides is 3. The van der Waals surface area contributed by atoms with E-state index in [1.165, 1.54) is 17.8 Å². The molecule has 2 aromatic rings. The average molecular weight is 351 g/mol. The zero-order valence-corrected chi connectivity index (χ0v) is 12.3. The number of ether oxygens (including phenoxy) is 1. The first kappa shape index (κ1) is 16.8. The molecule has 1 amide bonds. The van der Waals surface area contributed by atoms with Crippen LogP contribution >= 0.6 is 11.6 Å². The summed E-state index contributed by atoms with van der Waals surface area (Å²) in [6.07, 6.45) is -4.52. The number of nitrogens with zero attached hydrogens (tertiary/aromatic N) is 4. The number of nitrogens with one attached hydrogen (secondary N) is 1. The summed E-state index contributed by atoms with van der Waals surface area (Å²) < 4.78 is 42.2. The Morgan fingerprint density at radius 3 is 2.74 bits per heavy atom. The predicted molar refractivity (Wildman–Crippen MR) is 74.2 cm³/mol. The molecule has 0 saturated heterocycles. The topological polar surface area (TPSA) is 108 Å². The summed E-state index contributed by atoms with van der Waals surface area (Å²) in [6.45, 7) is -1.52. The molecular weight excluding hydrogens is 341 g/mol. The fourth-order valence-electron chi connectivity index (χ4n) is 1.54. The number of nitrogens with two attached hydrogens (primary N) is 1. The van der Waals surface area contributed by atoms with Gasteiger partial charge in [-0.1, -0.05) is 16.7 Å². The number of carbonyl (C=O) groups excluding carboxylic acids is 1. The third-order valence-corrected chi connectivity index (χ3v) is 3.03. The van der Waals surface area contributed by atoms with Crippen LogP contribution in [0.1, 0.15) is 10.4 Å². The molecule has 0 aliphatic rings. The van der Waals surface area contributed by atoms with Gasteiger partial charge in [0.15, 0.2) is 6.61 Å². The van der Waals surface area contributed by atoms with E-state index < -0.39 is 18.7 Å². The summed E-state index contributed by atoms with van der Waals surface area (Å²) in [4.78, 5) is 12.1. The highest BCUT2D eigenvalue weighted by atomic mass is 35.5. The van der Waals surface area contributed by atoms with Crippen molar-refractivity contribution in [3.63, 3.8) is 0 Å². The number of benzene rings is 1. The Morgan fingerprint density at radius 2 is 2.17 bits per heavy atom. The average Bonchev–Trinajstić information content (AvgIpc) is 2.85. The molecule has 2 rings (SSSR count). The fraction of sp³-hybridized carbons (Fsp3) is 0.273. The van der Waals surface area contributed by atoms with E-state index in [4.69, 9.17) is 17.3 Å². The number of hydrogen-bond donors (Lipinski definition) is 2. The Labute approximate surface area is 132 Å². The molecule has 0 bridgehead atoms. The van der Waals surface area contributed by atoms with Crippen LogP contribution in [0.25, 0.3) is 0 Å². The van der Waals surface area contributed by atoms with Crippen LogP contribution in [0, 0.1) is 0 Å². The second-order valence-corrected chi connectivity index (χ2v) is 4.70. The van der Waals surface area contributed by atoms with Gasteiger partial charge in [0.1, 0.15) is 5.75 Å². The number of carbonyl (C=O) groups is 1. The molecule has 0 unspecified atom stereocenters. The van der Waals surface area contributed by atoms with E-state index in [1.54, 1.807) is 0 Å². The summed E-state index contributed by atoms with van der Waals surface area (Å²) >= 11 is 5.92. The zero-order chi connectivity index (χ0) is 17.2. The molecule has 124 valence electrons. The first-order valence-electron chi connectivity index (χ1n) is 6.00. The minimum atomic E-state index is -4.52. The minimum absolute atomic E-state index is 0.0574. The van der Waals surface area contributed by atoms with Crippen molar-refractivity contribution in [3.8, 4) is 5.75 Å². The van der Waals surface area contributed by atoms with Crippen molar-refractivity contribution in [2.24, 2.45) is 7.05 Å². The molecule has 1 aromatic heterocycles. The quantitative estimate of drug-likeness (QED) is 0.811. The SMILES string of the molecule is Cn1nnnc1NC(=O)c1ccc(OCC(F)(F)F)c(N)c1Cl. The molecular formula is C11H10ClF3N6O2. The summed E-state index contributed by atoms with van der Waals surface area (Å²) in [7, 11) is 1.50. The second kappa shape index (κ2) is 6.28. The standard InChI is InChI=1S/C11H10ClF3N6O2/c1-21-10(18-19-20-21)17-9(22)5-2-3-6(8(16)7(5)12)23-4-11(13,14)15/h2-3H,4,16H2,1H3,(H,17,18,20,22). The lowest BCUT2D eigenvalue weighted by Crippen LogP contribution is -2.20. The normalized spacial score (nSPS) is 11.3. The molecule has 0 radical (unpaired) electrons. The Hall–Kier alpha value is -2.56. The van der Waals surface area contributed by atoms with Gasteiger partial charge in [-0.25, -0.2) is 4.68 Å². The van der Waals surface area contributed by atoms with Gasteiger partial charge in [0.2, 0.25) is 5.95 Å². The molecule has 0 spiro atoms. The van der Waals surface area contributed by atoms with Gasteiger partial charge in [-0.05, 0) is 22.6 Å². The second-order valence-electron chi connectivity index (χ2n) is 4.32. The van der Waals surface area contributed by atoms with E-state index in [0.29, 0.717) is 0 Å². The van der Waals surface area contributed by atoms with E-state index in [0.717, 1.165) is 6.07 Å². The summed E-state index contributed by atoms with van der Waals surface area (Å²) in [5, 5.41) is 12.5. The highest BCUT2D eigenvalue weighted by Crippen LogP contribution is 2.33. The number of amides is 1. The molecule has 0 aliphatic heterocycles. The van der Waals surface area contributed by atoms with Crippen molar-refractivity contribution in [1.29, 1.82) is 0 Å². The number of tetrazole rings is 1. The van der Waals surface area contributed by atoms with Crippen LogP contribution in [0.15, 0.2) is 12.1 Å². The van der Waals surface area contributed by atoms with Gasteiger partial charge in [0.05, 0.1) is 16.3 Å². The van der Waals surface area contributed by atoms with Crippen molar-refractivity contribution in [2.45, 2.75) is 6.18 Å². The van der Waals surface area contributed by atoms with Gasteiger partial charge in [-0.15, -0.1) is 0 Å². The molecule has 0 saturated carbocycles. The predicted octanol–water partition coefficient (Wildman–Crippen LogP) is 1.64. The smallest absolute Gasteiger partial charge is 0.422 e. The number of nitrogen functional groups attached to an aromatic ring is 1. The van der Waals surface area contributed by atoms with Gasteiger partial charge in [0, 0.05) is 7.05 Å². The largest absolute Gasteiger partial charge is 0.482 e. The van der Waals surface area contributed by atoms with E-state index >= 15 is 0 Å². The lowest BCUT2D eigenvalue weighted by molar-refractivity contribution is -0.153. The number of halogens is 4. The van der Waals surface area contributed by atoms with Crippen LogP contribution in [-0.4, -0.2) is 38.9 Å². The van der Waals surface area contributed by atoms with Crippen LogP contribution in [0.3, 0.4) is 0 Å². The highest BCUT2D eigenvalue weighted by Gasteiger charge is 2.29.